The van der Waals surface area contributed by atoms with Gasteiger partial charge in [-0.1, -0.05) is 72.3 Å². The van der Waals surface area contributed by atoms with Gasteiger partial charge in [-0.15, -0.1) is 0 Å². The summed E-state index contributed by atoms with van der Waals surface area (Å²) in [7, 11) is 0. The SMILES string of the molecule is CC(COc1c2ccccc2c(OCC(C)OC(=O)c2ccccc2)c2cc(Cl)ccc12)OC(=O)c1ccccc1. The molecule has 0 heterocycles. The predicted octanol–water partition coefficient (Wildman–Crippen LogP) is 7.90. The Labute approximate surface area is 243 Å². The molecule has 6 nitrogen and oxygen atoms in total. The van der Waals surface area contributed by atoms with E-state index >= 15 is 0 Å². The molecule has 5 aromatic rings. The molecule has 0 bridgehead atoms. The number of hydrogen-bond acceptors (Lipinski definition) is 6. The average molecular weight is 569 g/mol. The zero-order valence-corrected chi connectivity index (χ0v) is 23.5. The van der Waals surface area contributed by atoms with E-state index < -0.39 is 24.1 Å². The molecule has 0 spiro atoms. The summed E-state index contributed by atoms with van der Waals surface area (Å²) in [5, 5.41) is 3.72. The number of fused-ring (bicyclic) bond motifs is 2. The molecule has 5 rings (SSSR count). The first-order valence-electron chi connectivity index (χ1n) is 13.3. The molecule has 2 atom stereocenters. The van der Waals surface area contributed by atoms with Gasteiger partial charge in [-0.3, -0.25) is 0 Å². The van der Waals surface area contributed by atoms with Crippen LogP contribution in [-0.4, -0.2) is 37.4 Å². The van der Waals surface area contributed by atoms with Gasteiger partial charge in [0.2, 0.25) is 0 Å². The number of esters is 2. The molecule has 0 fully saturated rings. The molecule has 0 saturated carbocycles. The first-order valence-corrected chi connectivity index (χ1v) is 13.7. The molecule has 7 heteroatoms. The van der Waals surface area contributed by atoms with Gasteiger partial charge in [-0.2, -0.15) is 0 Å². The van der Waals surface area contributed by atoms with E-state index in [0.29, 0.717) is 27.6 Å². The first-order chi connectivity index (χ1) is 19.9. The van der Waals surface area contributed by atoms with Gasteiger partial charge in [0.15, 0.2) is 0 Å². The number of hydrogen-bond donors (Lipinski definition) is 0. The Morgan fingerprint density at radius 2 is 1.00 bits per heavy atom. The number of benzene rings is 5. The van der Waals surface area contributed by atoms with Crippen molar-refractivity contribution in [3.05, 3.63) is 119 Å². The molecule has 0 aliphatic carbocycles. The van der Waals surface area contributed by atoms with Crippen LogP contribution in [0.15, 0.2) is 103 Å². The predicted molar refractivity (Wildman–Crippen MR) is 160 cm³/mol. The summed E-state index contributed by atoms with van der Waals surface area (Å²) < 4.78 is 23.8. The Kier molecular flexibility index (Phi) is 8.70. The molecular formula is C34H29ClO6. The van der Waals surface area contributed by atoms with E-state index in [-0.39, 0.29) is 13.2 Å². The largest absolute Gasteiger partial charge is 0.488 e. The second-order valence-corrected chi connectivity index (χ2v) is 10.1. The molecule has 0 aromatic heterocycles. The maximum Gasteiger partial charge on any atom is 0.338 e. The van der Waals surface area contributed by atoms with Gasteiger partial charge in [0.1, 0.15) is 36.9 Å². The van der Waals surface area contributed by atoms with Crippen LogP contribution in [0.4, 0.5) is 0 Å². The zero-order valence-electron chi connectivity index (χ0n) is 22.7. The van der Waals surface area contributed by atoms with Crippen LogP contribution in [0, 0.1) is 0 Å². The Hall–Kier alpha value is -4.55. The quantitative estimate of drug-likeness (QED) is 0.126. The molecule has 0 radical (unpaired) electrons. The van der Waals surface area contributed by atoms with Gasteiger partial charge in [0, 0.05) is 26.6 Å². The number of halogens is 1. The Morgan fingerprint density at radius 1 is 0.585 bits per heavy atom. The van der Waals surface area contributed by atoms with Gasteiger partial charge >= 0.3 is 11.9 Å². The van der Waals surface area contributed by atoms with E-state index in [1.165, 1.54) is 0 Å². The Bertz CT molecular complexity index is 1670. The van der Waals surface area contributed by atoms with Crippen LogP contribution < -0.4 is 9.47 Å². The molecule has 2 unspecified atom stereocenters. The van der Waals surface area contributed by atoms with Crippen molar-refractivity contribution in [2.24, 2.45) is 0 Å². The van der Waals surface area contributed by atoms with E-state index in [2.05, 4.69) is 0 Å². The highest BCUT2D eigenvalue weighted by molar-refractivity contribution is 6.31. The standard InChI is InChI=1S/C34H29ClO6/c1-22(40-33(36)24-11-5-3-6-12-24)20-38-31-27-15-9-10-16-28(27)32(30-19-26(35)17-18-29(30)31)39-21-23(2)41-34(37)25-13-7-4-8-14-25/h3-19,22-23H,20-21H2,1-2H3. The fourth-order valence-corrected chi connectivity index (χ4v) is 4.67. The smallest absolute Gasteiger partial charge is 0.338 e. The van der Waals surface area contributed by atoms with Crippen molar-refractivity contribution in [2.45, 2.75) is 26.1 Å². The van der Waals surface area contributed by atoms with Gasteiger partial charge < -0.3 is 18.9 Å². The summed E-state index contributed by atoms with van der Waals surface area (Å²) >= 11 is 6.41. The summed E-state index contributed by atoms with van der Waals surface area (Å²) in [5.41, 5.74) is 0.960. The van der Waals surface area contributed by atoms with Crippen LogP contribution in [-0.2, 0) is 9.47 Å². The lowest BCUT2D eigenvalue weighted by Gasteiger charge is -2.21. The minimum absolute atomic E-state index is 0.136. The monoisotopic (exact) mass is 568 g/mol. The van der Waals surface area contributed by atoms with Crippen LogP contribution in [0.3, 0.4) is 0 Å². The lowest BCUT2D eigenvalue weighted by molar-refractivity contribution is 0.0221. The normalized spacial score (nSPS) is 12.5. The van der Waals surface area contributed by atoms with Crippen LogP contribution in [0.5, 0.6) is 11.5 Å². The van der Waals surface area contributed by atoms with E-state index in [1.54, 1.807) is 68.4 Å². The summed E-state index contributed by atoms with van der Waals surface area (Å²) in [4.78, 5) is 25.0. The average Bonchev–Trinajstić information content (AvgIpc) is 2.99. The van der Waals surface area contributed by atoms with Crippen molar-refractivity contribution in [3.8, 4) is 11.5 Å². The second-order valence-electron chi connectivity index (χ2n) is 9.68. The van der Waals surface area contributed by atoms with Gasteiger partial charge in [-0.25, -0.2) is 9.59 Å². The third-order valence-electron chi connectivity index (χ3n) is 6.45. The van der Waals surface area contributed by atoms with Crippen molar-refractivity contribution >= 4 is 45.1 Å². The highest BCUT2D eigenvalue weighted by Crippen LogP contribution is 2.43. The molecule has 41 heavy (non-hydrogen) atoms. The maximum absolute atomic E-state index is 12.5. The van der Waals surface area contributed by atoms with Crippen LogP contribution in [0.1, 0.15) is 34.6 Å². The van der Waals surface area contributed by atoms with Crippen molar-refractivity contribution in [2.75, 3.05) is 13.2 Å². The summed E-state index contributed by atoms with van der Waals surface area (Å²) in [6.07, 6.45) is -1.01. The van der Waals surface area contributed by atoms with Crippen LogP contribution in [0.25, 0.3) is 21.5 Å². The lowest BCUT2D eigenvalue weighted by Crippen LogP contribution is -2.22. The zero-order chi connectivity index (χ0) is 28.8. The van der Waals surface area contributed by atoms with Crippen molar-refractivity contribution < 1.29 is 28.5 Å². The third-order valence-corrected chi connectivity index (χ3v) is 6.68. The second kappa shape index (κ2) is 12.7. The summed E-state index contributed by atoms with van der Waals surface area (Å²) in [5.74, 6) is 0.418. The summed E-state index contributed by atoms with van der Waals surface area (Å²) in [6.45, 7) is 3.86. The minimum atomic E-state index is -0.508. The fourth-order valence-electron chi connectivity index (χ4n) is 4.50. The lowest BCUT2D eigenvalue weighted by atomic mass is 10.0. The molecular weight excluding hydrogens is 540 g/mol. The molecule has 208 valence electrons. The van der Waals surface area contributed by atoms with E-state index in [9.17, 15) is 9.59 Å². The third kappa shape index (κ3) is 6.61. The number of ether oxygens (including phenoxy) is 4. The Balaban J connectivity index is 1.39. The van der Waals surface area contributed by atoms with Gasteiger partial charge in [0.25, 0.3) is 0 Å². The number of rotatable bonds is 10. The molecule has 0 aliphatic heterocycles. The summed E-state index contributed by atoms with van der Waals surface area (Å²) in [6, 6.07) is 30.9. The molecule has 0 N–H and O–H groups in total. The number of carbonyl (C=O) groups excluding carboxylic acids is 2. The van der Waals surface area contributed by atoms with Crippen LogP contribution in [0.2, 0.25) is 5.02 Å². The van der Waals surface area contributed by atoms with E-state index in [1.807, 2.05) is 48.5 Å². The Morgan fingerprint density at radius 3 is 1.49 bits per heavy atom. The topological polar surface area (TPSA) is 71.1 Å². The maximum atomic E-state index is 12.5. The highest BCUT2D eigenvalue weighted by Gasteiger charge is 2.20. The first kappa shape index (κ1) is 28.0. The van der Waals surface area contributed by atoms with E-state index in [4.69, 9.17) is 30.5 Å². The van der Waals surface area contributed by atoms with Crippen molar-refractivity contribution in [1.29, 1.82) is 0 Å². The molecule has 5 aromatic carbocycles. The van der Waals surface area contributed by atoms with Crippen LogP contribution >= 0.6 is 11.6 Å². The molecule has 0 aliphatic rings. The van der Waals surface area contributed by atoms with Gasteiger partial charge in [0.05, 0.1) is 11.1 Å². The minimum Gasteiger partial charge on any atom is -0.488 e. The van der Waals surface area contributed by atoms with E-state index in [0.717, 1.165) is 21.5 Å². The molecule has 0 amide bonds. The van der Waals surface area contributed by atoms with Crippen molar-refractivity contribution in [3.63, 3.8) is 0 Å². The molecule has 0 saturated heterocycles. The fraction of sp³-hybridized carbons (Fsp3) is 0.176. The highest BCUT2D eigenvalue weighted by atomic mass is 35.5. The number of carbonyl (C=O) groups is 2. The van der Waals surface area contributed by atoms with Gasteiger partial charge in [-0.05, 0) is 56.3 Å². The van der Waals surface area contributed by atoms with Crippen molar-refractivity contribution in [1.82, 2.24) is 0 Å².